The summed E-state index contributed by atoms with van der Waals surface area (Å²) in [4.78, 5) is 11.2. The highest BCUT2D eigenvalue weighted by Crippen LogP contribution is 2.18. The topological polar surface area (TPSA) is 116 Å². The van der Waals surface area contributed by atoms with Gasteiger partial charge in [0.1, 0.15) is 5.15 Å². The van der Waals surface area contributed by atoms with Gasteiger partial charge in [-0.15, -0.1) is 0 Å². The number of halogens is 1. The van der Waals surface area contributed by atoms with Crippen molar-refractivity contribution in [3.63, 3.8) is 0 Å². The maximum atomic E-state index is 12.0. The minimum Gasteiger partial charge on any atom is -0.381 e. The molecule has 0 radical (unpaired) electrons. The van der Waals surface area contributed by atoms with Crippen LogP contribution in [0.2, 0.25) is 5.15 Å². The van der Waals surface area contributed by atoms with Crippen LogP contribution in [0.5, 0.6) is 0 Å². The molecule has 2 rings (SSSR count). The Morgan fingerprint density at radius 2 is 2.17 bits per heavy atom. The number of rotatable bonds is 3. The highest BCUT2D eigenvalue weighted by molar-refractivity contribution is 7.92. The number of hydrogen-bond donors (Lipinski definition) is 2. The van der Waals surface area contributed by atoms with E-state index >= 15 is 0 Å². The number of sulfonamides is 1. The van der Waals surface area contributed by atoms with Crippen molar-refractivity contribution in [2.24, 2.45) is 7.05 Å². The summed E-state index contributed by atoms with van der Waals surface area (Å²) in [5, 5.41) is -0.0354. The number of hydrogen-bond acceptors (Lipinski definition) is 6. The molecule has 0 aromatic carbocycles. The van der Waals surface area contributed by atoms with Crippen LogP contribution in [0.15, 0.2) is 23.6 Å². The fraction of sp³-hybridized carbons (Fsp3) is 0.125. The predicted octanol–water partition coefficient (Wildman–Crippen LogP) is 0.246. The summed E-state index contributed by atoms with van der Waals surface area (Å²) >= 11 is 5.63. The molecule has 0 unspecified atom stereocenters. The standard InChI is InChI=1S/C8H9ClN6O2S/c1-15-4-12-6(10)7(15)18(16,17)14-8-11-3-2-5(9)13-8/h2-4H,10H2,1H3,(H,11,13,14). The Balaban J connectivity index is 2.39. The zero-order valence-corrected chi connectivity index (χ0v) is 10.8. The molecule has 96 valence electrons. The van der Waals surface area contributed by atoms with E-state index < -0.39 is 10.0 Å². The molecule has 0 atom stereocenters. The zero-order valence-electron chi connectivity index (χ0n) is 9.20. The lowest BCUT2D eigenvalue weighted by Gasteiger charge is -2.07. The lowest BCUT2D eigenvalue weighted by Crippen LogP contribution is -2.19. The Morgan fingerprint density at radius 1 is 1.44 bits per heavy atom. The van der Waals surface area contributed by atoms with Gasteiger partial charge < -0.3 is 10.3 Å². The number of imidazole rings is 1. The molecule has 0 aliphatic rings. The van der Waals surface area contributed by atoms with Gasteiger partial charge in [0.05, 0.1) is 6.33 Å². The van der Waals surface area contributed by atoms with Crippen molar-refractivity contribution < 1.29 is 8.42 Å². The molecule has 8 nitrogen and oxygen atoms in total. The summed E-state index contributed by atoms with van der Waals surface area (Å²) in [5.74, 6) is -0.241. The van der Waals surface area contributed by atoms with Crippen molar-refractivity contribution in [3.8, 4) is 0 Å². The number of nitrogens with two attached hydrogens (primary N) is 1. The summed E-state index contributed by atoms with van der Waals surface area (Å²) in [6.45, 7) is 0. The molecule has 0 amide bonds. The van der Waals surface area contributed by atoms with E-state index in [0.29, 0.717) is 0 Å². The molecule has 0 saturated carbocycles. The Morgan fingerprint density at radius 3 is 2.72 bits per heavy atom. The van der Waals surface area contributed by atoms with Gasteiger partial charge in [0.2, 0.25) is 5.95 Å². The Labute approximate surface area is 108 Å². The summed E-state index contributed by atoms with van der Waals surface area (Å²) in [6, 6.07) is 1.43. The molecule has 3 N–H and O–H groups in total. The molecule has 0 saturated heterocycles. The Hall–Kier alpha value is -1.87. The molecule has 10 heteroatoms. The van der Waals surface area contributed by atoms with Gasteiger partial charge in [-0.05, 0) is 6.07 Å². The van der Waals surface area contributed by atoms with Crippen LogP contribution >= 0.6 is 11.6 Å². The molecular formula is C8H9ClN6O2S. The lowest BCUT2D eigenvalue weighted by molar-refractivity contribution is 0.591. The van der Waals surface area contributed by atoms with Gasteiger partial charge in [-0.2, -0.15) is 8.42 Å². The third-order valence-corrected chi connectivity index (χ3v) is 3.68. The second-order valence-electron chi connectivity index (χ2n) is 3.35. The maximum Gasteiger partial charge on any atom is 0.283 e. The molecule has 2 aromatic rings. The van der Waals surface area contributed by atoms with Crippen molar-refractivity contribution in [2.45, 2.75) is 5.03 Å². The first kappa shape index (κ1) is 12.6. The highest BCUT2D eigenvalue weighted by atomic mass is 35.5. The average Bonchev–Trinajstić information content (AvgIpc) is 2.58. The second-order valence-corrected chi connectivity index (χ2v) is 5.34. The highest BCUT2D eigenvalue weighted by Gasteiger charge is 2.23. The first-order chi connectivity index (χ1) is 8.40. The first-order valence-corrected chi connectivity index (χ1v) is 6.54. The molecule has 18 heavy (non-hydrogen) atoms. The SMILES string of the molecule is Cn1cnc(N)c1S(=O)(=O)Nc1nccc(Cl)n1. The van der Waals surface area contributed by atoms with Crippen LogP contribution in [0.1, 0.15) is 0 Å². The zero-order chi connectivity index (χ0) is 13.3. The second kappa shape index (κ2) is 4.42. The van der Waals surface area contributed by atoms with Crippen LogP contribution in [0.4, 0.5) is 11.8 Å². The molecule has 0 bridgehead atoms. The van der Waals surface area contributed by atoms with E-state index in [1.165, 1.54) is 30.2 Å². The monoisotopic (exact) mass is 288 g/mol. The van der Waals surface area contributed by atoms with Crippen LogP contribution in [0, 0.1) is 0 Å². The third kappa shape index (κ3) is 2.36. The van der Waals surface area contributed by atoms with E-state index in [0.717, 1.165) is 0 Å². The van der Waals surface area contributed by atoms with Crippen LogP contribution in [-0.2, 0) is 17.1 Å². The quantitative estimate of drug-likeness (QED) is 0.782. The summed E-state index contributed by atoms with van der Waals surface area (Å²) in [6.07, 6.45) is 2.63. The molecule has 0 aliphatic carbocycles. The van der Waals surface area contributed by atoms with Crippen molar-refractivity contribution in [3.05, 3.63) is 23.7 Å². The number of nitrogens with one attached hydrogen (secondary N) is 1. The van der Waals surface area contributed by atoms with Gasteiger partial charge >= 0.3 is 0 Å². The van der Waals surface area contributed by atoms with Gasteiger partial charge in [-0.1, -0.05) is 11.6 Å². The van der Waals surface area contributed by atoms with E-state index in [1.54, 1.807) is 0 Å². The van der Waals surface area contributed by atoms with E-state index in [4.69, 9.17) is 17.3 Å². The maximum absolute atomic E-state index is 12.0. The first-order valence-electron chi connectivity index (χ1n) is 4.68. The van der Waals surface area contributed by atoms with Crippen molar-refractivity contribution in [2.75, 3.05) is 10.5 Å². The predicted molar refractivity (Wildman–Crippen MR) is 65.5 cm³/mol. The van der Waals surface area contributed by atoms with Crippen LogP contribution < -0.4 is 10.5 Å². The largest absolute Gasteiger partial charge is 0.381 e. The minimum absolute atomic E-state index is 0.105. The van der Waals surface area contributed by atoms with Gasteiger partial charge in [0, 0.05) is 13.2 Å². The molecule has 2 aromatic heterocycles. The smallest absolute Gasteiger partial charge is 0.283 e. The number of aromatic nitrogens is 4. The van der Waals surface area contributed by atoms with Crippen molar-refractivity contribution >= 4 is 33.4 Å². The minimum atomic E-state index is -3.91. The molecule has 0 aliphatic heterocycles. The molecule has 2 heterocycles. The van der Waals surface area contributed by atoms with E-state index in [2.05, 4.69) is 19.7 Å². The van der Waals surface area contributed by atoms with Crippen LogP contribution in [0.25, 0.3) is 0 Å². The number of nitrogen functional groups attached to an aromatic ring is 1. The average molecular weight is 289 g/mol. The van der Waals surface area contributed by atoms with E-state index in [9.17, 15) is 8.42 Å². The van der Waals surface area contributed by atoms with Gasteiger partial charge in [0.15, 0.2) is 10.8 Å². The fourth-order valence-corrected chi connectivity index (χ4v) is 2.64. The summed E-state index contributed by atoms with van der Waals surface area (Å²) in [5.41, 5.74) is 5.49. The summed E-state index contributed by atoms with van der Waals surface area (Å²) < 4.78 is 27.5. The molecular weight excluding hydrogens is 280 g/mol. The molecule has 0 spiro atoms. The number of aryl methyl sites for hydroxylation is 1. The van der Waals surface area contributed by atoms with Crippen LogP contribution in [0.3, 0.4) is 0 Å². The van der Waals surface area contributed by atoms with Crippen molar-refractivity contribution in [1.29, 1.82) is 0 Å². The summed E-state index contributed by atoms with van der Waals surface area (Å²) in [7, 11) is -2.40. The number of nitrogens with zero attached hydrogens (tertiary/aromatic N) is 4. The Kier molecular flexibility index (Phi) is 3.09. The van der Waals surface area contributed by atoms with Crippen molar-refractivity contribution in [1.82, 2.24) is 19.5 Å². The van der Waals surface area contributed by atoms with E-state index in [1.807, 2.05) is 0 Å². The number of anilines is 2. The molecule has 0 fully saturated rings. The van der Waals surface area contributed by atoms with E-state index in [-0.39, 0.29) is 21.9 Å². The van der Waals surface area contributed by atoms with Crippen LogP contribution in [-0.4, -0.2) is 27.9 Å². The van der Waals surface area contributed by atoms with Gasteiger partial charge in [-0.3, -0.25) is 0 Å². The van der Waals surface area contributed by atoms with Gasteiger partial charge in [-0.25, -0.2) is 19.7 Å². The third-order valence-electron chi connectivity index (χ3n) is 2.01. The Bertz CT molecular complexity index is 663. The lowest BCUT2D eigenvalue weighted by atomic mass is 10.7. The normalized spacial score (nSPS) is 11.4. The van der Waals surface area contributed by atoms with Gasteiger partial charge in [0.25, 0.3) is 10.0 Å². The fourth-order valence-electron chi connectivity index (χ4n) is 1.32.